The van der Waals surface area contributed by atoms with Crippen molar-refractivity contribution in [2.45, 2.75) is 63.6 Å². The summed E-state index contributed by atoms with van der Waals surface area (Å²) >= 11 is 12.1. The van der Waals surface area contributed by atoms with Gasteiger partial charge in [0, 0.05) is 28.5 Å². The Labute approximate surface area is 240 Å². The fourth-order valence-electron chi connectivity index (χ4n) is 3.97. The molecule has 1 heterocycles. The number of ether oxygens (including phenoxy) is 1. The maximum absolute atomic E-state index is 14.4. The number of alkyl halides is 6. The zero-order valence-corrected chi connectivity index (χ0v) is 23.2. The van der Waals surface area contributed by atoms with Crippen molar-refractivity contribution in [3.8, 4) is 0 Å². The molecule has 0 bridgehead atoms. The van der Waals surface area contributed by atoms with Gasteiger partial charge in [0.15, 0.2) is 0 Å². The lowest BCUT2D eigenvalue weighted by Crippen LogP contribution is -2.49. The zero-order chi connectivity index (χ0) is 30.5. The van der Waals surface area contributed by atoms with Gasteiger partial charge in [0.25, 0.3) is 5.60 Å². The smallest absolute Gasteiger partial charge is 0.435 e. The van der Waals surface area contributed by atoms with Crippen molar-refractivity contribution < 1.29 is 45.5 Å². The second kappa shape index (κ2) is 10.6. The summed E-state index contributed by atoms with van der Waals surface area (Å²) in [6.07, 6.45) is -11.0. The molecule has 0 aromatic heterocycles. The molecule has 0 spiro atoms. The van der Waals surface area contributed by atoms with Crippen molar-refractivity contribution >= 4 is 46.6 Å². The minimum absolute atomic E-state index is 0.0113. The Morgan fingerprint density at radius 3 is 2.27 bits per heavy atom. The lowest BCUT2D eigenvalue weighted by Gasteiger charge is -2.30. The largest absolute Gasteiger partial charge is 0.442 e. The van der Waals surface area contributed by atoms with E-state index in [-0.39, 0.29) is 27.9 Å². The van der Waals surface area contributed by atoms with Crippen LogP contribution in [0.4, 0.5) is 36.8 Å². The van der Waals surface area contributed by atoms with E-state index < -0.39 is 58.1 Å². The summed E-state index contributed by atoms with van der Waals surface area (Å²) in [6, 6.07) is 5.27. The third-order valence-electron chi connectivity index (χ3n) is 6.14. The van der Waals surface area contributed by atoms with E-state index in [2.05, 4.69) is 10.6 Å². The van der Waals surface area contributed by atoms with Gasteiger partial charge in [-0.2, -0.15) is 31.4 Å². The molecule has 2 aromatic rings. The number of nitrogens with zero attached hydrogens (tertiary/aromatic N) is 2. The Morgan fingerprint density at radius 2 is 1.71 bits per heavy atom. The maximum atomic E-state index is 14.4. The van der Waals surface area contributed by atoms with E-state index in [1.54, 1.807) is 20.8 Å². The molecule has 2 amide bonds. The van der Waals surface area contributed by atoms with Crippen LogP contribution < -0.4 is 10.4 Å². The van der Waals surface area contributed by atoms with Crippen LogP contribution in [-0.2, 0) is 26.1 Å². The van der Waals surface area contributed by atoms with Crippen LogP contribution in [0, 0.1) is 5.92 Å². The number of benzene rings is 2. The van der Waals surface area contributed by atoms with E-state index in [0.29, 0.717) is 25.0 Å². The number of hydrogen-bond acceptors (Lipinski definition) is 5. The van der Waals surface area contributed by atoms with E-state index in [1.807, 2.05) is 0 Å². The maximum Gasteiger partial charge on any atom is 0.435 e. The van der Waals surface area contributed by atoms with Crippen LogP contribution >= 0.6 is 23.2 Å². The van der Waals surface area contributed by atoms with E-state index in [1.165, 1.54) is 18.2 Å². The number of hydrogen-bond donors (Lipinski definition) is 1. The average molecular weight is 626 g/mol. The molecule has 0 saturated heterocycles. The molecule has 1 unspecified atom stereocenters. The van der Waals surface area contributed by atoms with E-state index in [9.17, 15) is 35.9 Å². The normalized spacial score (nSPS) is 19.3. The molecule has 1 atom stereocenters. The quantitative estimate of drug-likeness (QED) is 0.278. The molecule has 222 valence electrons. The molecule has 7 nitrogen and oxygen atoms in total. The number of nitrogens with one attached hydrogen (secondary N) is 1. The number of carbonyl (C=O) groups is 2. The molecular weight excluding hydrogens is 603 g/mol. The van der Waals surface area contributed by atoms with Crippen LogP contribution in [0.5, 0.6) is 0 Å². The highest BCUT2D eigenvalue weighted by atomic mass is 35.5. The molecule has 4 rings (SSSR count). The average Bonchev–Trinajstić information content (AvgIpc) is 3.58. The molecule has 15 heteroatoms. The molecule has 2 aromatic carbocycles. The van der Waals surface area contributed by atoms with Crippen molar-refractivity contribution in [2.75, 3.05) is 5.01 Å². The fraction of sp³-hybridized carbons (Fsp3) is 0.423. The molecule has 1 fully saturated rings. The van der Waals surface area contributed by atoms with Crippen molar-refractivity contribution in [2.24, 2.45) is 11.1 Å². The van der Waals surface area contributed by atoms with Crippen LogP contribution in [0.25, 0.3) is 0 Å². The molecular formula is C26H23Cl2F6N3O4. The van der Waals surface area contributed by atoms with Gasteiger partial charge in [-0.15, -0.1) is 0 Å². The first-order valence-corrected chi connectivity index (χ1v) is 12.9. The van der Waals surface area contributed by atoms with Gasteiger partial charge >= 0.3 is 18.4 Å². The highest BCUT2D eigenvalue weighted by molar-refractivity contribution is 6.34. The Morgan fingerprint density at radius 1 is 1.05 bits per heavy atom. The second-order valence-electron chi connectivity index (χ2n) is 10.6. The Bertz CT molecular complexity index is 1400. The SMILES string of the molecule is CC(C)(C)OC(=O)N(NC(=O)C1CC1)c1cc(C2=NOC(c3cc(Cl)cc(C(F)(F)F)c3)(C(F)(F)F)C2)ccc1Cl. The molecule has 1 N–H and O–H groups in total. The molecule has 2 aliphatic rings. The monoisotopic (exact) mass is 625 g/mol. The minimum atomic E-state index is -5.22. The Hall–Kier alpha value is -3.19. The summed E-state index contributed by atoms with van der Waals surface area (Å²) in [5, 5.41) is 3.66. The van der Waals surface area contributed by atoms with Crippen LogP contribution in [0.2, 0.25) is 10.0 Å². The summed E-state index contributed by atoms with van der Waals surface area (Å²) in [6.45, 7) is 4.77. The van der Waals surface area contributed by atoms with Crippen LogP contribution in [0.3, 0.4) is 0 Å². The highest BCUT2D eigenvalue weighted by Gasteiger charge is 2.62. The number of oxime groups is 1. The first-order valence-electron chi connectivity index (χ1n) is 12.1. The van der Waals surface area contributed by atoms with Gasteiger partial charge in [0.1, 0.15) is 5.60 Å². The molecule has 1 saturated carbocycles. The van der Waals surface area contributed by atoms with Gasteiger partial charge in [-0.1, -0.05) is 34.4 Å². The van der Waals surface area contributed by atoms with Crippen LogP contribution in [-0.4, -0.2) is 29.5 Å². The van der Waals surface area contributed by atoms with E-state index >= 15 is 0 Å². The van der Waals surface area contributed by atoms with Gasteiger partial charge in [0.2, 0.25) is 5.91 Å². The number of anilines is 1. The first-order chi connectivity index (χ1) is 18.8. The summed E-state index contributed by atoms with van der Waals surface area (Å²) in [5.74, 6) is -0.822. The predicted octanol–water partition coefficient (Wildman–Crippen LogP) is 7.78. The summed E-state index contributed by atoms with van der Waals surface area (Å²) in [4.78, 5) is 30.4. The lowest BCUT2D eigenvalue weighted by molar-refractivity contribution is -0.276. The third-order valence-corrected chi connectivity index (χ3v) is 6.68. The number of carbonyl (C=O) groups excluding carboxylic acids is 2. The number of hydrazine groups is 1. The van der Waals surface area contributed by atoms with E-state index in [4.69, 9.17) is 32.8 Å². The molecule has 1 aliphatic carbocycles. The lowest BCUT2D eigenvalue weighted by atomic mass is 9.85. The zero-order valence-electron chi connectivity index (χ0n) is 21.7. The van der Waals surface area contributed by atoms with Crippen molar-refractivity contribution in [1.29, 1.82) is 0 Å². The third kappa shape index (κ3) is 6.66. The summed E-state index contributed by atoms with van der Waals surface area (Å²) in [5.41, 5.74) is -4.60. The van der Waals surface area contributed by atoms with Crippen molar-refractivity contribution in [1.82, 2.24) is 5.43 Å². The number of halogens is 8. The Kier molecular flexibility index (Phi) is 7.93. The van der Waals surface area contributed by atoms with Gasteiger partial charge in [-0.25, -0.2) is 4.79 Å². The first kappa shape index (κ1) is 30.8. The fourth-order valence-corrected chi connectivity index (χ4v) is 4.40. The van der Waals surface area contributed by atoms with Gasteiger partial charge in [0.05, 0.1) is 22.0 Å². The van der Waals surface area contributed by atoms with Gasteiger partial charge < -0.3 is 9.57 Å². The van der Waals surface area contributed by atoms with E-state index in [0.717, 1.165) is 11.1 Å². The number of rotatable bonds is 4. The molecule has 1 aliphatic heterocycles. The summed E-state index contributed by atoms with van der Waals surface area (Å²) in [7, 11) is 0. The standard InChI is InChI=1S/C26H23Cl2F6N3O4/c1-23(2,3)40-22(39)37(35-21(38)13-4-5-13)20-8-14(6-7-18(20)28)19-12-24(41-36-19,26(32,33)34)15-9-16(25(29,30)31)11-17(27)10-15/h6-11,13H,4-5,12H2,1-3H3,(H,35,38). The minimum Gasteiger partial charge on any atom is -0.442 e. The van der Waals surface area contributed by atoms with Crippen LogP contribution in [0.15, 0.2) is 41.6 Å². The topological polar surface area (TPSA) is 80.2 Å². The predicted molar refractivity (Wildman–Crippen MR) is 137 cm³/mol. The van der Waals surface area contributed by atoms with Crippen molar-refractivity contribution in [3.05, 3.63) is 63.1 Å². The molecule has 41 heavy (non-hydrogen) atoms. The van der Waals surface area contributed by atoms with Crippen molar-refractivity contribution in [3.63, 3.8) is 0 Å². The van der Waals surface area contributed by atoms with Gasteiger partial charge in [-0.05, 0) is 63.9 Å². The Balaban J connectivity index is 1.73. The second-order valence-corrected chi connectivity index (χ2v) is 11.4. The summed E-state index contributed by atoms with van der Waals surface area (Å²) < 4.78 is 88.8. The number of amides is 2. The van der Waals surface area contributed by atoms with Crippen LogP contribution in [0.1, 0.15) is 56.7 Å². The molecule has 0 radical (unpaired) electrons. The highest BCUT2D eigenvalue weighted by Crippen LogP contribution is 2.50. The van der Waals surface area contributed by atoms with Gasteiger partial charge in [-0.3, -0.25) is 10.2 Å².